The van der Waals surface area contributed by atoms with Crippen molar-refractivity contribution in [3.63, 3.8) is 0 Å². The Morgan fingerprint density at radius 1 is 1.10 bits per heavy atom. The van der Waals surface area contributed by atoms with Crippen molar-refractivity contribution in [2.45, 2.75) is 51.4 Å². The van der Waals surface area contributed by atoms with Crippen molar-refractivity contribution < 1.29 is 4.39 Å². The van der Waals surface area contributed by atoms with Crippen LogP contribution in [-0.4, -0.2) is 26.2 Å². The summed E-state index contributed by atoms with van der Waals surface area (Å²) in [5.41, 5.74) is 2.28. The lowest BCUT2D eigenvalue weighted by Gasteiger charge is -2.08. The third-order valence-electron chi connectivity index (χ3n) is 4.01. The number of nitrogens with one attached hydrogen (secondary N) is 1. The van der Waals surface area contributed by atoms with E-state index in [4.69, 9.17) is 0 Å². The van der Waals surface area contributed by atoms with Gasteiger partial charge in [-0.3, -0.25) is 9.36 Å². The highest BCUT2D eigenvalue weighted by Crippen LogP contribution is 2.28. The van der Waals surface area contributed by atoms with Crippen LogP contribution in [0.3, 0.4) is 0 Å². The number of hydrogen-bond donors (Lipinski definition) is 1. The van der Waals surface area contributed by atoms with Gasteiger partial charge in [0.25, 0.3) is 0 Å². The molecule has 6 heteroatoms. The number of hydrogen-bond acceptors (Lipinski definition) is 3. The fraction of sp³-hybridized carbons (Fsp3) is 0.600. The highest BCUT2D eigenvalue weighted by Gasteiger charge is 2.17. The van der Waals surface area contributed by atoms with Crippen molar-refractivity contribution in [2.24, 2.45) is 0 Å². The molecule has 0 atom stereocenters. The Hall–Kier alpha value is -1.69. The van der Waals surface area contributed by atoms with Crippen LogP contribution in [0.15, 0.2) is 24.8 Å². The van der Waals surface area contributed by atoms with E-state index in [9.17, 15) is 4.39 Å². The predicted octanol–water partition coefficient (Wildman–Crippen LogP) is 2.45. The highest BCUT2D eigenvalue weighted by atomic mass is 19.1. The average molecular weight is 291 g/mol. The zero-order valence-electron chi connectivity index (χ0n) is 12.2. The SMILES string of the molecule is FCCn1cc(CNCc2cnn(C3CCCC3)c2)cn1. The monoisotopic (exact) mass is 291 g/mol. The minimum absolute atomic E-state index is 0.328. The zero-order chi connectivity index (χ0) is 14.5. The molecule has 114 valence electrons. The molecular weight excluding hydrogens is 269 g/mol. The maximum Gasteiger partial charge on any atom is 0.109 e. The maximum atomic E-state index is 12.2. The standard InChI is InChI=1S/C15H22FN5/c16-5-6-20-11-13(9-18-20)7-17-8-14-10-19-21(12-14)15-3-1-2-4-15/h9-12,15,17H,1-8H2. The molecule has 3 rings (SSSR count). The molecule has 0 aliphatic heterocycles. The Labute approximate surface area is 124 Å². The van der Waals surface area contributed by atoms with Crippen molar-refractivity contribution in [2.75, 3.05) is 6.67 Å². The van der Waals surface area contributed by atoms with Gasteiger partial charge in [0.2, 0.25) is 0 Å². The number of alkyl halides is 1. The van der Waals surface area contributed by atoms with Crippen molar-refractivity contribution in [1.82, 2.24) is 24.9 Å². The molecule has 1 saturated carbocycles. The Balaban J connectivity index is 1.46. The summed E-state index contributed by atoms with van der Waals surface area (Å²) in [6.07, 6.45) is 12.9. The Morgan fingerprint density at radius 3 is 2.57 bits per heavy atom. The smallest absolute Gasteiger partial charge is 0.109 e. The molecule has 1 aliphatic rings. The van der Waals surface area contributed by atoms with E-state index >= 15 is 0 Å². The summed E-state index contributed by atoms with van der Waals surface area (Å²) in [5, 5.41) is 12.0. The molecule has 1 fully saturated rings. The molecule has 0 bridgehead atoms. The maximum absolute atomic E-state index is 12.2. The second-order valence-electron chi connectivity index (χ2n) is 5.67. The van der Waals surface area contributed by atoms with Gasteiger partial charge in [-0.15, -0.1) is 0 Å². The Kier molecular flexibility index (Phi) is 4.65. The average Bonchev–Trinajstić information content (AvgIpc) is 3.20. The van der Waals surface area contributed by atoms with Gasteiger partial charge in [-0.1, -0.05) is 12.8 Å². The van der Waals surface area contributed by atoms with Crippen LogP contribution in [-0.2, 0) is 19.6 Å². The van der Waals surface area contributed by atoms with E-state index in [0.717, 1.165) is 18.7 Å². The molecule has 0 amide bonds. The molecule has 1 N–H and O–H groups in total. The highest BCUT2D eigenvalue weighted by molar-refractivity contribution is 5.07. The quantitative estimate of drug-likeness (QED) is 0.852. The lowest BCUT2D eigenvalue weighted by molar-refractivity contribution is 0.427. The molecule has 2 aromatic rings. The second-order valence-corrected chi connectivity index (χ2v) is 5.67. The second kappa shape index (κ2) is 6.85. The third-order valence-corrected chi connectivity index (χ3v) is 4.01. The molecule has 0 aromatic carbocycles. The van der Waals surface area contributed by atoms with E-state index in [-0.39, 0.29) is 6.67 Å². The predicted molar refractivity (Wildman–Crippen MR) is 78.5 cm³/mol. The van der Waals surface area contributed by atoms with Gasteiger partial charge in [0.05, 0.1) is 25.0 Å². The summed E-state index contributed by atoms with van der Waals surface area (Å²) in [6, 6.07) is 0.595. The molecule has 1 aliphatic carbocycles. The molecule has 0 saturated heterocycles. The Bertz CT molecular complexity index is 556. The first-order valence-electron chi connectivity index (χ1n) is 7.66. The van der Waals surface area contributed by atoms with Crippen LogP contribution in [0.4, 0.5) is 4.39 Å². The molecular formula is C15H22FN5. The van der Waals surface area contributed by atoms with Gasteiger partial charge in [0, 0.05) is 36.6 Å². The van der Waals surface area contributed by atoms with E-state index in [1.54, 1.807) is 10.9 Å². The molecule has 0 radical (unpaired) electrons. The van der Waals surface area contributed by atoms with Gasteiger partial charge in [-0.2, -0.15) is 10.2 Å². The summed E-state index contributed by atoms with van der Waals surface area (Å²) in [5.74, 6) is 0. The number of nitrogens with zero attached hydrogens (tertiary/aromatic N) is 4. The Morgan fingerprint density at radius 2 is 1.81 bits per heavy atom. The van der Waals surface area contributed by atoms with Gasteiger partial charge in [-0.25, -0.2) is 4.39 Å². The summed E-state index contributed by atoms with van der Waals surface area (Å²) < 4.78 is 16.0. The summed E-state index contributed by atoms with van der Waals surface area (Å²) in [6.45, 7) is 1.48. The normalized spacial score (nSPS) is 15.9. The molecule has 2 heterocycles. The van der Waals surface area contributed by atoms with Crippen LogP contribution < -0.4 is 5.32 Å². The minimum Gasteiger partial charge on any atom is -0.308 e. The molecule has 0 unspecified atom stereocenters. The van der Waals surface area contributed by atoms with E-state index < -0.39 is 0 Å². The lowest BCUT2D eigenvalue weighted by Crippen LogP contribution is -2.12. The fourth-order valence-electron chi connectivity index (χ4n) is 2.89. The molecule has 21 heavy (non-hydrogen) atoms. The number of aromatic nitrogens is 4. The first-order valence-corrected chi connectivity index (χ1v) is 7.66. The van der Waals surface area contributed by atoms with Gasteiger partial charge >= 0.3 is 0 Å². The van der Waals surface area contributed by atoms with Crippen molar-refractivity contribution in [3.05, 3.63) is 35.9 Å². The van der Waals surface area contributed by atoms with Gasteiger partial charge in [-0.05, 0) is 12.8 Å². The third kappa shape index (κ3) is 3.69. The van der Waals surface area contributed by atoms with Crippen molar-refractivity contribution in [1.29, 1.82) is 0 Å². The van der Waals surface area contributed by atoms with Crippen LogP contribution in [0.1, 0.15) is 42.9 Å². The van der Waals surface area contributed by atoms with Crippen LogP contribution in [0.5, 0.6) is 0 Å². The minimum atomic E-state index is -0.380. The first kappa shape index (κ1) is 14.3. The van der Waals surface area contributed by atoms with E-state index in [1.807, 2.05) is 12.4 Å². The van der Waals surface area contributed by atoms with Crippen molar-refractivity contribution in [3.8, 4) is 0 Å². The molecule has 2 aromatic heterocycles. The molecule has 0 spiro atoms. The van der Waals surface area contributed by atoms with Gasteiger partial charge in [0.1, 0.15) is 6.67 Å². The first-order chi connectivity index (χ1) is 10.3. The number of rotatable bonds is 7. The van der Waals surface area contributed by atoms with Crippen LogP contribution in [0.2, 0.25) is 0 Å². The van der Waals surface area contributed by atoms with E-state index in [0.29, 0.717) is 12.6 Å². The van der Waals surface area contributed by atoms with Gasteiger partial charge < -0.3 is 5.32 Å². The van der Waals surface area contributed by atoms with Crippen LogP contribution in [0, 0.1) is 0 Å². The van der Waals surface area contributed by atoms with Crippen molar-refractivity contribution >= 4 is 0 Å². The summed E-state index contributed by atoms with van der Waals surface area (Å²) >= 11 is 0. The fourth-order valence-corrected chi connectivity index (χ4v) is 2.89. The van der Waals surface area contributed by atoms with E-state index in [2.05, 4.69) is 26.4 Å². The largest absolute Gasteiger partial charge is 0.308 e. The summed E-state index contributed by atoms with van der Waals surface area (Å²) in [4.78, 5) is 0. The number of halogens is 1. The molecule has 5 nitrogen and oxygen atoms in total. The summed E-state index contributed by atoms with van der Waals surface area (Å²) in [7, 11) is 0. The number of aryl methyl sites for hydroxylation is 1. The van der Waals surface area contributed by atoms with Crippen LogP contribution in [0.25, 0.3) is 0 Å². The topological polar surface area (TPSA) is 47.7 Å². The lowest BCUT2D eigenvalue weighted by atomic mass is 10.2. The zero-order valence-corrected chi connectivity index (χ0v) is 12.2. The van der Waals surface area contributed by atoms with E-state index in [1.165, 1.54) is 31.2 Å². The van der Waals surface area contributed by atoms with Crippen LogP contribution >= 0.6 is 0 Å². The van der Waals surface area contributed by atoms with Gasteiger partial charge in [0.15, 0.2) is 0 Å².